The number of phosphoric ester groups is 1. The topological polar surface area (TPSA) is 218 Å². The van der Waals surface area contributed by atoms with Crippen molar-refractivity contribution in [1.82, 2.24) is 0 Å². The Balaban J connectivity index is 5.13. The molecule has 0 aliphatic heterocycles. The first-order chi connectivity index (χ1) is 31.4. The second-order valence-electron chi connectivity index (χ2n) is 15.1. The van der Waals surface area contributed by atoms with Gasteiger partial charge in [0.2, 0.25) is 0 Å². The highest BCUT2D eigenvalue weighted by molar-refractivity contribution is 8.00. The van der Waals surface area contributed by atoms with Gasteiger partial charge in [-0.1, -0.05) is 149 Å². The number of hydrogen-bond acceptors (Lipinski definition) is 12. The number of aliphatic carboxylic acids is 1. The van der Waals surface area contributed by atoms with Gasteiger partial charge in [0.15, 0.2) is 6.10 Å². The van der Waals surface area contributed by atoms with Crippen LogP contribution in [0.4, 0.5) is 0 Å². The van der Waals surface area contributed by atoms with Crippen LogP contribution < -0.4 is 11.5 Å². The first-order valence-corrected chi connectivity index (χ1v) is 25.8. The molecular weight excluding hydrogens is 868 g/mol. The standard InChI is InChI=1S/C50H81N2O11PS/c1-3-5-7-9-11-13-15-17-18-19-20-21-22-23-25-27-29-31-33-38-49(56)63-44(42-62-64(58,59)61-40-39-51)41-60-50(57)45(52)43-65-47(46(53)35-34-37-48(54)55)36-32-30-28-26-24-16-14-12-10-8-6-4-2/h11-14,17-18,20-21,23-26,28-32,36,44-47,53H,3-10,15-16,19,22,27,33-35,37-43,51-52H2,1-2H3,(H,54,55)(H,58,59)/b13-11-,14-12-,18-17-,21-20-,25-23-,26-24-,30-28+,31-29-,36-32+/t44-,45+,46+,47-/m1/s1. The number of hydrogen-bond donors (Lipinski definition) is 5. The molecule has 0 fully saturated rings. The number of unbranched alkanes of at least 4 members (excludes halogenated alkanes) is 6. The molecule has 0 bridgehead atoms. The number of ether oxygens (including phenoxy) is 2. The Hall–Kier alpha value is -3.59. The van der Waals surface area contributed by atoms with E-state index in [0.717, 1.165) is 38.5 Å². The van der Waals surface area contributed by atoms with Crippen molar-refractivity contribution in [3.05, 3.63) is 109 Å². The molecule has 0 amide bonds. The van der Waals surface area contributed by atoms with Gasteiger partial charge in [-0.25, -0.2) is 4.57 Å². The Morgan fingerprint density at radius 2 is 1.22 bits per heavy atom. The molecule has 0 radical (unpaired) electrons. The lowest BCUT2D eigenvalue weighted by molar-refractivity contribution is -0.161. The van der Waals surface area contributed by atoms with Crippen LogP contribution in [0.25, 0.3) is 0 Å². The van der Waals surface area contributed by atoms with E-state index < -0.39 is 62.4 Å². The maximum atomic E-state index is 13.0. The summed E-state index contributed by atoms with van der Waals surface area (Å²) in [5.41, 5.74) is 11.5. The fourth-order valence-electron chi connectivity index (χ4n) is 5.53. The lowest BCUT2D eigenvalue weighted by Crippen LogP contribution is -2.38. The van der Waals surface area contributed by atoms with Gasteiger partial charge in [0.25, 0.3) is 0 Å². The number of aliphatic hydroxyl groups excluding tert-OH is 1. The summed E-state index contributed by atoms with van der Waals surface area (Å²) >= 11 is 1.20. The molecule has 7 N–H and O–H groups in total. The number of carbonyl (C=O) groups excluding carboxylic acids is 2. The normalized spacial score (nSPS) is 15.5. The van der Waals surface area contributed by atoms with Crippen LogP contribution in [0.1, 0.15) is 129 Å². The summed E-state index contributed by atoms with van der Waals surface area (Å²) in [6.07, 6.45) is 48.9. The van der Waals surface area contributed by atoms with Gasteiger partial charge in [-0.3, -0.25) is 23.4 Å². The van der Waals surface area contributed by atoms with E-state index in [0.29, 0.717) is 12.8 Å². The van der Waals surface area contributed by atoms with Crippen LogP contribution in [0.5, 0.6) is 0 Å². The molecule has 13 nitrogen and oxygen atoms in total. The zero-order valence-corrected chi connectivity index (χ0v) is 40.8. The SMILES string of the molecule is CCCCC/C=C\C\C=C/C=C/C=C/[C@@H](SC[C@H](N)C(=O)OC[C@H](COP(=O)(O)OCCN)OC(=O)CC/C=C\C/C=C\C/C=C\C/C=C\C/C=C\CCCCC)[C@@H](O)CCCC(=O)O. The average Bonchev–Trinajstić information content (AvgIpc) is 3.28. The summed E-state index contributed by atoms with van der Waals surface area (Å²) in [4.78, 5) is 46.7. The fraction of sp³-hybridized carbons (Fsp3) is 0.580. The van der Waals surface area contributed by atoms with Gasteiger partial charge in [-0.15, -0.1) is 11.8 Å². The summed E-state index contributed by atoms with van der Waals surface area (Å²) in [7, 11) is -4.54. The molecule has 0 aromatic rings. The Morgan fingerprint density at radius 3 is 1.77 bits per heavy atom. The summed E-state index contributed by atoms with van der Waals surface area (Å²) < 4.78 is 32.8. The van der Waals surface area contributed by atoms with Gasteiger partial charge < -0.3 is 36.0 Å². The van der Waals surface area contributed by atoms with Crippen molar-refractivity contribution in [3.63, 3.8) is 0 Å². The molecule has 65 heavy (non-hydrogen) atoms. The predicted molar refractivity (Wildman–Crippen MR) is 266 cm³/mol. The third-order valence-corrected chi connectivity index (χ3v) is 11.5. The Bertz CT molecular complexity index is 1560. The number of carboxylic acids is 1. The Kier molecular flexibility index (Phi) is 41.8. The van der Waals surface area contributed by atoms with E-state index in [1.807, 2.05) is 42.5 Å². The summed E-state index contributed by atoms with van der Waals surface area (Å²) in [5, 5.41) is 19.4. The third kappa shape index (κ3) is 41.6. The minimum absolute atomic E-state index is 0.00209. The molecule has 0 aliphatic carbocycles. The smallest absolute Gasteiger partial charge is 0.472 e. The summed E-state index contributed by atoms with van der Waals surface area (Å²) in [6, 6.07) is -1.15. The number of esters is 2. The van der Waals surface area contributed by atoms with Gasteiger partial charge in [0.05, 0.1) is 19.3 Å². The molecular formula is C50H81N2O11PS. The summed E-state index contributed by atoms with van der Waals surface area (Å²) in [5.74, 6) is -2.40. The molecule has 0 rings (SSSR count). The molecule has 368 valence electrons. The zero-order valence-electron chi connectivity index (χ0n) is 39.1. The highest BCUT2D eigenvalue weighted by Crippen LogP contribution is 2.43. The van der Waals surface area contributed by atoms with E-state index in [1.54, 1.807) is 12.2 Å². The molecule has 0 spiro atoms. The van der Waals surface area contributed by atoms with E-state index in [1.165, 1.54) is 50.3 Å². The number of rotatable bonds is 42. The number of nitrogens with two attached hydrogens (primary N) is 2. The maximum Gasteiger partial charge on any atom is 0.472 e. The van der Waals surface area contributed by atoms with Crippen molar-refractivity contribution in [3.8, 4) is 0 Å². The molecule has 0 aromatic heterocycles. The minimum Gasteiger partial charge on any atom is -0.481 e. The van der Waals surface area contributed by atoms with Crippen molar-refractivity contribution < 1.29 is 52.6 Å². The molecule has 15 heteroatoms. The van der Waals surface area contributed by atoms with Crippen molar-refractivity contribution in [1.29, 1.82) is 0 Å². The van der Waals surface area contributed by atoms with Crippen LogP contribution in [0, 0.1) is 0 Å². The van der Waals surface area contributed by atoms with Crippen molar-refractivity contribution >= 4 is 37.5 Å². The molecule has 0 aromatic carbocycles. The number of thioether (sulfide) groups is 1. The van der Waals surface area contributed by atoms with Crippen LogP contribution in [-0.2, 0) is 37.5 Å². The van der Waals surface area contributed by atoms with E-state index in [4.69, 9.17) is 35.1 Å². The quantitative estimate of drug-likeness (QED) is 0.0126. The van der Waals surface area contributed by atoms with Crippen LogP contribution in [-0.4, -0.2) is 88.6 Å². The van der Waals surface area contributed by atoms with Gasteiger partial charge in [0, 0.05) is 30.4 Å². The van der Waals surface area contributed by atoms with Crippen LogP contribution >= 0.6 is 19.6 Å². The van der Waals surface area contributed by atoms with E-state index >= 15 is 0 Å². The lowest BCUT2D eigenvalue weighted by Gasteiger charge is -2.22. The highest BCUT2D eigenvalue weighted by Gasteiger charge is 2.27. The molecule has 1 unspecified atom stereocenters. The molecule has 0 saturated carbocycles. The average molecular weight is 949 g/mol. The van der Waals surface area contributed by atoms with Crippen LogP contribution in [0.15, 0.2) is 109 Å². The number of carbonyl (C=O) groups is 3. The number of aliphatic hydroxyl groups is 1. The van der Waals surface area contributed by atoms with Gasteiger partial charge in [-0.2, -0.15) is 0 Å². The van der Waals surface area contributed by atoms with Crippen molar-refractivity contribution in [2.75, 3.05) is 32.1 Å². The van der Waals surface area contributed by atoms with Gasteiger partial charge >= 0.3 is 25.7 Å². The van der Waals surface area contributed by atoms with Crippen LogP contribution in [0.2, 0.25) is 0 Å². The Labute approximate surface area is 394 Å². The first kappa shape index (κ1) is 61.4. The minimum atomic E-state index is -4.54. The maximum absolute atomic E-state index is 13.0. The first-order valence-electron chi connectivity index (χ1n) is 23.3. The van der Waals surface area contributed by atoms with Gasteiger partial charge in [0.1, 0.15) is 12.6 Å². The highest BCUT2D eigenvalue weighted by atomic mass is 32.2. The van der Waals surface area contributed by atoms with Gasteiger partial charge in [-0.05, 0) is 77.0 Å². The Morgan fingerprint density at radius 1 is 0.677 bits per heavy atom. The largest absolute Gasteiger partial charge is 0.481 e. The second kappa shape index (κ2) is 44.3. The molecule has 0 aliphatic rings. The predicted octanol–water partition coefficient (Wildman–Crippen LogP) is 10.5. The third-order valence-electron chi connectivity index (χ3n) is 9.14. The zero-order chi connectivity index (χ0) is 48.1. The number of phosphoric acid groups is 1. The lowest BCUT2D eigenvalue weighted by atomic mass is 10.1. The van der Waals surface area contributed by atoms with E-state index in [2.05, 4.69) is 68.5 Å². The monoisotopic (exact) mass is 949 g/mol. The van der Waals surface area contributed by atoms with Crippen molar-refractivity contribution in [2.24, 2.45) is 11.5 Å². The van der Waals surface area contributed by atoms with Crippen molar-refractivity contribution in [2.45, 2.75) is 153 Å². The molecule has 0 saturated heterocycles. The molecule has 5 atom stereocenters. The van der Waals surface area contributed by atoms with E-state index in [9.17, 15) is 28.9 Å². The van der Waals surface area contributed by atoms with Crippen LogP contribution in [0.3, 0.4) is 0 Å². The molecule has 0 heterocycles. The number of carboxylic acid groups (broad SMARTS) is 1. The number of allylic oxidation sites excluding steroid dienone is 17. The fourth-order valence-corrected chi connectivity index (χ4v) is 7.42. The second-order valence-corrected chi connectivity index (χ2v) is 17.8. The van der Waals surface area contributed by atoms with E-state index in [-0.39, 0.29) is 44.6 Å². The summed E-state index contributed by atoms with van der Waals surface area (Å²) in [6.45, 7) is 2.98.